The molecule has 0 spiro atoms. The lowest BCUT2D eigenvalue weighted by molar-refractivity contribution is 0.109. The van der Waals surface area contributed by atoms with Gasteiger partial charge in [0.1, 0.15) is 0 Å². The van der Waals surface area contributed by atoms with Crippen LogP contribution in [0.15, 0.2) is 32.6 Å². The van der Waals surface area contributed by atoms with Crippen molar-refractivity contribution < 1.29 is 22.2 Å². The van der Waals surface area contributed by atoms with Gasteiger partial charge in [0.2, 0.25) is 11.5 Å². The molecule has 0 aliphatic heterocycles. The molecule has 96 valence electrons. The van der Waals surface area contributed by atoms with E-state index in [2.05, 4.69) is 19.4 Å². The van der Waals surface area contributed by atoms with Crippen LogP contribution in [-0.4, -0.2) is 31.4 Å². The lowest BCUT2D eigenvalue weighted by Crippen LogP contribution is -2.25. The summed E-state index contributed by atoms with van der Waals surface area (Å²) in [4.78, 5) is 14.1. The molecule has 1 N–H and O–H groups in total. The van der Waals surface area contributed by atoms with Crippen molar-refractivity contribution in [2.75, 3.05) is 6.54 Å². The van der Waals surface area contributed by atoms with Gasteiger partial charge in [0.15, 0.2) is 17.9 Å². The van der Waals surface area contributed by atoms with Crippen LogP contribution in [0.1, 0.15) is 16.4 Å². The van der Waals surface area contributed by atoms with Gasteiger partial charge >= 0.3 is 0 Å². The summed E-state index contributed by atoms with van der Waals surface area (Å²) in [5.74, 6) is 0.347. The largest absolute Gasteiger partial charge is 0.440 e. The summed E-state index contributed by atoms with van der Waals surface area (Å²) in [6, 6.07) is 2.49. The van der Waals surface area contributed by atoms with Crippen molar-refractivity contribution in [3.63, 3.8) is 0 Å². The first kappa shape index (κ1) is 12.5. The maximum absolute atomic E-state index is 11.7. The Hall–Kier alpha value is -2.00. The molecule has 0 amide bonds. The monoisotopic (exact) mass is 271 g/mol. The van der Waals surface area contributed by atoms with E-state index >= 15 is 0 Å². The number of carbonyl (C=O) groups excluding carboxylic acids is 1. The van der Waals surface area contributed by atoms with Crippen LogP contribution in [0.4, 0.5) is 0 Å². The molecule has 2 aromatic heterocycles. The van der Waals surface area contributed by atoms with Crippen molar-refractivity contribution >= 4 is 16.3 Å². The molecule has 0 bridgehead atoms. The average Bonchev–Trinajstić information content (AvgIpc) is 2.99. The number of sulfonamides is 1. The second kappa shape index (κ2) is 5.10. The molecule has 0 saturated carbocycles. The number of aldehydes is 1. The van der Waals surface area contributed by atoms with Gasteiger partial charge in [0.25, 0.3) is 10.0 Å². The van der Waals surface area contributed by atoms with Gasteiger partial charge in [0.05, 0.1) is 0 Å². The molecule has 2 heterocycles. The third-order valence-corrected chi connectivity index (χ3v) is 3.36. The Kier molecular flexibility index (Phi) is 3.53. The zero-order valence-electron chi connectivity index (χ0n) is 9.07. The Morgan fingerprint density at radius 2 is 2.22 bits per heavy atom. The fraction of sp³-hybridized carbons (Fsp3) is 0.222. The third kappa shape index (κ3) is 2.81. The Bertz CT molecular complexity index is 616. The second-order valence-corrected chi connectivity index (χ2v) is 4.97. The predicted octanol–water partition coefficient (Wildman–Crippen LogP) is -0.00390. The molecule has 18 heavy (non-hydrogen) atoms. The van der Waals surface area contributed by atoms with Gasteiger partial charge in [0, 0.05) is 13.0 Å². The Morgan fingerprint density at radius 3 is 2.83 bits per heavy atom. The van der Waals surface area contributed by atoms with Crippen LogP contribution < -0.4 is 4.72 Å². The van der Waals surface area contributed by atoms with Crippen LogP contribution in [0.25, 0.3) is 0 Å². The van der Waals surface area contributed by atoms with Gasteiger partial charge in [-0.25, -0.2) is 13.1 Å². The van der Waals surface area contributed by atoms with Gasteiger partial charge in [-0.15, -0.1) is 0 Å². The molecule has 0 atom stereocenters. The van der Waals surface area contributed by atoms with E-state index in [4.69, 9.17) is 4.42 Å². The first-order valence-electron chi connectivity index (χ1n) is 4.92. The molecule has 9 heteroatoms. The summed E-state index contributed by atoms with van der Waals surface area (Å²) < 4.78 is 35.0. The van der Waals surface area contributed by atoms with Gasteiger partial charge in [-0.05, 0) is 12.1 Å². The molecule has 0 fully saturated rings. The number of rotatable bonds is 6. The van der Waals surface area contributed by atoms with Crippen molar-refractivity contribution in [1.82, 2.24) is 14.9 Å². The van der Waals surface area contributed by atoms with E-state index in [-0.39, 0.29) is 23.8 Å². The highest BCUT2D eigenvalue weighted by molar-refractivity contribution is 7.89. The van der Waals surface area contributed by atoms with E-state index in [0.29, 0.717) is 12.1 Å². The predicted molar refractivity (Wildman–Crippen MR) is 57.3 cm³/mol. The summed E-state index contributed by atoms with van der Waals surface area (Å²) in [7, 11) is -3.76. The van der Waals surface area contributed by atoms with Gasteiger partial charge < -0.3 is 8.94 Å². The van der Waals surface area contributed by atoms with Gasteiger partial charge in [-0.3, -0.25) is 4.79 Å². The summed E-state index contributed by atoms with van der Waals surface area (Å²) >= 11 is 0. The first-order chi connectivity index (χ1) is 8.62. The highest BCUT2D eigenvalue weighted by atomic mass is 32.2. The summed E-state index contributed by atoms with van der Waals surface area (Å²) in [6.45, 7) is 0.0962. The fourth-order valence-corrected chi connectivity index (χ4v) is 2.18. The van der Waals surface area contributed by atoms with E-state index in [1.54, 1.807) is 0 Å². The number of carbonyl (C=O) groups is 1. The summed E-state index contributed by atoms with van der Waals surface area (Å²) in [6.07, 6.45) is 1.88. The van der Waals surface area contributed by atoms with E-state index in [1.165, 1.54) is 12.1 Å². The van der Waals surface area contributed by atoms with Gasteiger partial charge in [-0.1, -0.05) is 5.16 Å². The van der Waals surface area contributed by atoms with E-state index in [1.807, 2.05) is 0 Å². The fourth-order valence-electron chi connectivity index (χ4n) is 1.21. The summed E-state index contributed by atoms with van der Waals surface area (Å²) in [5, 5.41) is 3.23. The summed E-state index contributed by atoms with van der Waals surface area (Å²) in [5.41, 5.74) is 0. The van der Waals surface area contributed by atoms with Crippen LogP contribution in [0.5, 0.6) is 0 Å². The molecule has 2 rings (SSSR count). The van der Waals surface area contributed by atoms with Crippen LogP contribution in [0.2, 0.25) is 0 Å². The number of furan rings is 1. The number of hydrogen-bond acceptors (Lipinski definition) is 7. The van der Waals surface area contributed by atoms with Crippen LogP contribution in [-0.2, 0) is 16.4 Å². The quantitative estimate of drug-likeness (QED) is 0.735. The smallest absolute Gasteiger partial charge is 0.273 e. The van der Waals surface area contributed by atoms with E-state index in [9.17, 15) is 13.2 Å². The second-order valence-electron chi connectivity index (χ2n) is 3.27. The standard InChI is InChI=1S/C9H9N3O5S/c13-5-7-1-2-9(17-7)18(14,15)11-4-3-8-10-6-16-12-8/h1-2,5-6,11H,3-4H2. The van der Waals surface area contributed by atoms with Crippen molar-refractivity contribution in [2.45, 2.75) is 11.5 Å². The van der Waals surface area contributed by atoms with Crippen molar-refractivity contribution in [3.8, 4) is 0 Å². The minimum absolute atomic E-state index is 0.0476. The van der Waals surface area contributed by atoms with Crippen molar-refractivity contribution in [3.05, 3.63) is 30.1 Å². The maximum Gasteiger partial charge on any atom is 0.273 e. The molecule has 0 aromatic carbocycles. The molecule has 8 nitrogen and oxygen atoms in total. The molecule has 2 aromatic rings. The molecule has 0 saturated heterocycles. The molecular formula is C9H9N3O5S. The van der Waals surface area contributed by atoms with Crippen LogP contribution in [0, 0.1) is 0 Å². The average molecular weight is 271 g/mol. The topological polar surface area (TPSA) is 115 Å². The lowest BCUT2D eigenvalue weighted by Gasteiger charge is -2.01. The normalized spacial score (nSPS) is 11.6. The number of aromatic nitrogens is 2. The molecule has 0 unspecified atom stereocenters. The zero-order chi connectivity index (χ0) is 13.0. The number of nitrogens with one attached hydrogen (secondary N) is 1. The van der Waals surface area contributed by atoms with E-state index < -0.39 is 10.0 Å². The van der Waals surface area contributed by atoms with E-state index in [0.717, 1.165) is 6.39 Å². The molecule has 0 aliphatic rings. The highest BCUT2D eigenvalue weighted by Gasteiger charge is 2.18. The molecule has 0 aliphatic carbocycles. The third-order valence-electron chi connectivity index (χ3n) is 2.03. The maximum atomic E-state index is 11.7. The Morgan fingerprint density at radius 1 is 1.39 bits per heavy atom. The minimum atomic E-state index is -3.76. The SMILES string of the molecule is O=Cc1ccc(S(=O)(=O)NCCc2ncon2)o1. The highest BCUT2D eigenvalue weighted by Crippen LogP contribution is 2.11. The zero-order valence-corrected chi connectivity index (χ0v) is 9.88. The minimum Gasteiger partial charge on any atom is -0.440 e. The van der Waals surface area contributed by atoms with Crippen LogP contribution >= 0.6 is 0 Å². The lowest BCUT2D eigenvalue weighted by atomic mass is 10.4. The van der Waals surface area contributed by atoms with Crippen LogP contribution in [0.3, 0.4) is 0 Å². The first-order valence-corrected chi connectivity index (χ1v) is 6.40. The van der Waals surface area contributed by atoms with Gasteiger partial charge in [-0.2, -0.15) is 4.98 Å². The van der Waals surface area contributed by atoms with Crippen molar-refractivity contribution in [2.24, 2.45) is 0 Å². The van der Waals surface area contributed by atoms with Crippen molar-refractivity contribution in [1.29, 1.82) is 0 Å². The Labute approximate surface area is 102 Å². The molecular weight excluding hydrogens is 262 g/mol. The number of nitrogens with zero attached hydrogens (tertiary/aromatic N) is 2. The number of hydrogen-bond donors (Lipinski definition) is 1. The molecule has 0 radical (unpaired) electrons. The Balaban J connectivity index is 1.97.